The molecule has 1 unspecified atom stereocenters. The molecule has 7 heteroatoms. The predicted octanol–water partition coefficient (Wildman–Crippen LogP) is 1.54. The number of hydrogen-bond donors (Lipinski definition) is 2. The molecule has 1 amide bonds. The summed E-state index contributed by atoms with van der Waals surface area (Å²) in [6, 6.07) is 0. The average Bonchev–Trinajstić information content (AvgIpc) is 2.79. The lowest BCUT2D eigenvalue weighted by Gasteiger charge is -2.26. The van der Waals surface area contributed by atoms with E-state index in [4.69, 9.17) is 5.73 Å². The van der Waals surface area contributed by atoms with Crippen molar-refractivity contribution in [1.82, 2.24) is 20.1 Å². The van der Waals surface area contributed by atoms with Gasteiger partial charge in [0.2, 0.25) is 5.91 Å². The van der Waals surface area contributed by atoms with Crippen LogP contribution in [-0.2, 0) is 17.9 Å². The highest BCUT2D eigenvalue weighted by atomic mass is 32.2. The summed E-state index contributed by atoms with van der Waals surface area (Å²) in [5.41, 5.74) is 5.43. The maximum Gasteiger partial charge on any atom is 0.233 e. The van der Waals surface area contributed by atoms with Gasteiger partial charge in [-0.2, -0.15) is 0 Å². The minimum atomic E-state index is -0.221. The zero-order valence-electron chi connectivity index (χ0n) is 12.9. The molecule has 3 N–H and O–H groups in total. The molecule has 1 atom stereocenters. The number of carbonyl (C=O) groups is 1. The van der Waals surface area contributed by atoms with Gasteiger partial charge in [-0.15, -0.1) is 10.2 Å². The second-order valence-corrected chi connectivity index (χ2v) is 6.64. The van der Waals surface area contributed by atoms with Crippen molar-refractivity contribution in [3.8, 4) is 0 Å². The minimum absolute atomic E-state index is 0.0156. The van der Waals surface area contributed by atoms with Crippen LogP contribution in [0.5, 0.6) is 0 Å². The number of carbonyl (C=O) groups excluding carboxylic acids is 1. The summed E-state index contributed by atoms with van der Waals surface area (Å²) >= 11 is 1.41. The van der Waals surface area contributed by atoms with Crippen molar-refractivity contribution in [3.63, 3.8) is 0 Å². The summed E-state index contributed by atoms with van der Waals surface area (Å²) in [6.45, 7) is 11.1. The van der Waals surface area contributed by atoms with Crippen molar-refractivity contribution >= 4 is 17.7 Å². The van der Waals surface area contributed by atoms with Crippen molar-refractivity contribution in [2.45, 2.75) is 70.1 Å². The Labute approximate surface area is 124 Å². The molecule has 1 heterocycles. The maximum absolute atomic E-state index is 12.2. The Hall–Kier alpha value is -1.08. The number of amides is 1. The van der Waals surface area contributed by atoms with Gasteiger partial charge in [0.15, 0.2) is 5.16 Å². The first-order valence-electron chi connectivity index (χ1n) is 6.95. The third kappa shape index (κ3) is 4.21. The molecule has 0 aliphatic heterocycles. The molecule has 1 aromatic heterocycles. The average molecular weight is 299 g/mol. The third-order valence-corrected chi connectivity index (χ3v) is 4.37. The number of nitrogens with zero attached hydrogens (tertiary/aromatic N) is 3. The van der Waals surface area contributed by atoms with Crippen LogP contribution in [0.4, 0.5) is 0 Å². The van der Waals surface area contributed by atoms with E-state index in [-0.39, 0.29) is 16.7 Å². The van der Waals surface area contributed by atoms with Crippen molar-refractivity contribution in [2.24, 2.45) is 5.73 Å². The summed E-state index contributed by atoms with van der Waals surface area (Å²) in [5, 5.41) is 11.7. The van der Waals surface area contributed by atoms with E-state index in [1.807, 2.05) is 32.3 Å². The van der Waals surface area contributed by atoms with Gasteiger partial charge in [-0.1, -0.05) is 18.7 Å². The highest BCUT2D eigenvalue weighted by Crippen LogP contribution is 2.23. The van der Waals surface area contributed by atoms with E-state index in [0.717, 1.165) is 23.9 Å². The summed E-state index contributed by atoms with van der Waals surface area (Å²) < 4.78 is 1.94. The molecular weight excluding hydrogens is 274 g/mol. The fraction of sp³-hybridized carbons (Fsp3) is 0.769. The molecule has 20 heavy (non-hydrogen) atoms. The van der Waals surface area contributed by atoms with Crippen molar-refractivity contribution in [3.05, 3.63) is 5.82 Å². The summed E-state index contributed by atoms with van der Waals surface area (Å²) in [5.74, 6) is 0.762. The minimum Gasteiger partial charge on any atom is -0.350 e. The Balaban J connectivity index is 2.73. The first-order valence-corrected chi connectivity index (χ1v) is 7.83. The van der Waals surface area contributed by atoms with Gasteiger partial charge in [0.1, 0.15) is 5.82 Å². The fourth-order valence-electron chi connectivity index (χ4n) is 1.61. The Morgan fingerprint density at radius 3 is 2.60 bits per heavy atom. The van der Waals surface area contributed by atoms with E-state index in [1.165, 1.54) is 11.8 Å². The zero-order valence-corrected chi connectivity index (χ0v) is 13.8. The van der Waals surface area contributed by atoms with Crippen LogP contribution in [0.15, 0.2) is 5.16 Å². The highest BCUT2D eigenvalue weighted by molar-refractivity contribution is 8.00. The molecule has 114 valence electrons. The molecule has 0 saturated heterocycles. The topological polar surface area (TPSA) is 85.8 Å². The first kappa shape index (κ1) is 17.0. The molecule has 0 radical (unpaired) electrons. The van der Waals surface area contributed by atoms with Gasteiger partial charge < -0.3 is 15.6 Å². The maximum atomic E-state index is 12.2. The lowest BCUT2D eigenvalue weighted by molar-refractivity contribution is -0.121. The Morgan fingerprint density at radius 1 is 1.45 bits per heavy atom. The lowest BCUT2D eigenvalue weighted by atomic mass is 10.0. The van der Waals surface area contributed by atoms with Crippen LogP contribution in [0, 0.1) is 0 Å². The molecule has 1 aromatic rings. The van der Waals surface area contributed by atoms with Crippen LogP contribution < -0.4 is 11.1 Å². The lowest BCUT2D eigenvalue weighted by Crippen LogP contribution is -2.46. The fourth-order valence-corrected chi connectivity index (χ4v) is 2.54. The molecule has 0 aromatic carbocycles. The number of nitrogens with two attached hydrogens (primary N) is 1. The SMILES string of the molecule is CCn1c(CN)nnc1SC(C)C(=O)NC(C)(C)CC. The van der Waals surface area contributed by atoms with Gasteiger partial charge in [0, 0.05) is 12.1 Å². The third-order valence-electron chi connectivity index (χ3n) is 3.29. The summed E-state index contributed by atoms with van der Waals surface area (Å²) in [6.07, 6.45) is 0.887. The van der Waals surface area contributed by atoms with Gasteiger partial charge in [-0.25, -0.2) is 0 Å². The van der Waals surface area contributed by atoms with E-state index in [9.17, 15) is 4.79 Å². The molecule has 6 nitrogen and oxygen atoms in total. The largest absolute Gasteiger partial charge is 0.350 e. The highest BCUT2D eigenvalue weighted by Gasteiger charge is 2.24. The molecule has 0 saturated carbocycles. The second-order valence-electron chi connectivity index (χ2n) is 5.33. The Morgan fingerprint density at radius 2 is 2.10 bits per heavy atom. The Bertz CT molecular complexity index is 458. The Kier molecular flexibility index (Phi) is 6.01. The number of hydrogen-bond acceptors (Lipinski definition) is 5. The van der Waals surface area contributed by atoms with Gasteiger partial charge in [-0.05, 0) is 34.1 Å². The molecule has 0 fully saturated rings. The molecular formula is C13H25N5OS. The van der Waals surface area contributed by atoms with Crippen LogP contribution in [0.1, 0.15) is 46.9 Å². The van der Waals surface area contributed by atoms with Gasteiger partial charge in [0.25, 0.3) is 0 Å². The van der Waals surface area contributed by atoms with Crippen LogP contribution in [0.3, 0.4) is 0 Å². The van der Waals surface area contributed by atoms with E-state index < -0.39 is 0 Å². The van der Waals surface area contributed by atoms with E-state index in [0.29, 0.717) is 6.54 Å². The quantitative estimate of drug-likeness (QED) is 0.746. The molecule has 0 bridgehead atoms. The van der Waals surface area contributed by atoms with Gasteiger partial charge >= 0.3 is 0 Å². The molecule has 1 rings (SSSR count). The number of aromatic nitrogens is 3. The number of nitrogens with one attached hydrogen (secondary N) is 1. The molecule has 0 aliphatic carbocycles. The molecule has 0 spiro atoms. The smallest absolute Gasteiger partial charge is 0.233 e. The standard InChI is InChI=1S/C13H25N5OS/c1-6-13(4,5)15-11(19)9(3)20-12-17-16-10(8-14)18(12)7-2/h9H,6-8,14H2,1-5H3,(H,15,19). The van der Waals surface area contributed by atoms with Gasteiger partial charge in [0.05, 0.1) is 11.8 Å². The van der Waals surface area contributed by atoms with E-state index >= 15 is 0 Å². The summed E-state index contributed by atoms with van der Waals surface area (Å²) in [4.78, 5) is 12.2. The van der Waals surface area contributed by atoms with E-state index in [1.54, 1.807) is 0 Å². The van der Waals surface area contributed by atoms with E-state index in [2.05, 4.69) is 22.4 Å². The normalized spacial score (nSPS) is 13.3. The van der Waals surface area contributed by atoms with Gasteiger partial charge in [-0.3, -0.25) is 4.79 Å². The van der Waals surface area contributed by atoms with Crippen molar-refractivity contribution < 1.29 is 4.79 Å². The number of rotatable bonds is 7. The second kappa shape index (κ2) is 7.08. The summed E-state index contributed by atoms with van der Waals surface area (Å²) in [7, 11) is 0. The molecule has 0 aliphatic rings. The van der Waals surface area contributed by atoms with Crippen LogP contribution >= 0.6 is 11.8 Å². The van der Waals surface area contributed by atoms with Crippen LogP contribution in [0.2, 0.25) is 0 Å². The number of thioether (sulfide) groups is 1. The van der Waals surface area contributed by atoms with Crippen LogP contribution in [0.25, 0.3) is 0 Å². The first-order chi connectivity index (χ1) is 9.34. The monoisotopic (exact) mass is 299 g/mol. The predicted molar refractivity (Wildman–Crippen MR) is 81.4 cm³/mol. The zero-order chi connectivity index (χ0) is 15.3. The van der Waals surface area contributed by atoms with Crippen LogP contribution in [-0.4, -0.2) is 31.5 Å². The van der Waals surface area contributed by atoms with Crippen molar-refractivity contribution in [2.75, 3.05) is 0 Å². The van der Waals surface area contributed by atoms with Crippen molar-refractivity contribution in [1.29, 1.82) is 0 Å².